The molecule has 0 saturated heterocycles. The second kappa shape index (κ2) is 5.20. The van der Waals surface area contributed by atoms with Gasteiger partial charge in [0.2, 0.25) is 11.8 Å². The van der Waals surface area contributed by atoms with Gasteiger partial charge in [-0.1, -0.05) is 0 Å². The number of pyridine rings is 1. The number of hydrogen-bond acceptors (Lipinski definition) is 5. The van der Waals surface area contributed by atoms with Crippen LogP contribution in [0.5, 0.6) is 5.88 Å². The average Bonchev–Trinajstić information content (AvgIpc) is 2.38. The highest BCUT2D eigenvalue weighted by Gasteiger charge is 1.99. The lowest BCUT2D eigenvalue weighted by atomic mass is 10.2. The molecule has 6 heteroatoms. The fourth-order valence-electron chi connectivity index (χ4n) is 1.26. The largest absolute Gasteiger partial charge is 0.481 e. The Morgan fingerprint density at radius 2 is 2.06 bits per heavy atom. The van der Waals surface area contributed by atoms with Crippen molar-refractivity contribution in [2.45, 2.75) is 6.54 Å². The predicted octanol–water partition coefficient (Wildman–Crippen LogP) is 1.63. The fraction of sp³-hybridized carbons (Fsp3) is 0.182. The Bertz CT molecular complexity index is 489. The maximum Gasteiger partial charge on any atom is 0.223 e. The molecule has 0 aromatic carbocycles. The molecular weight excluding hydrogens is 223 g/mol. The summed E-state index contributed by atoms with van der Waals surface area (Å²) >= 11 is 0. The zero-order valence-electron chi connectivity index (χ0n) is 9.22. The van der Waals surface area contributed by atoms with E-state index in [4.69, 9.17) is 4.74 Å². The fourth-order valence-corrected chi connectivity index (χ4v) is 1.26. The molecule has 0 atom stereocenters. The van der Waals surface area contributed by atoms with Crippen molar-refractivity contribution >= 4 is 5.95 Å². The molecule has 0 amide bonds. The minimum absolute atomic E-state index is 0.377. The lowest BCUT2D eigenvalue weighted by molar-refractivity contribution is 0.397. The van der Waals surface area contributed by atoms with E-state index in [0.717, 1.165) is 18.0 Å². The summed E-state index contributed by atoms with van der Waals surface area (Å²) in [5.41, 5.74) is 0.977. The van der Waals surface area contributed by atoms with Gasteiger partial charge < -0.3 is 10.1 Å². The van der Waals surface area contributed by atoms with Crippen molar-refractivity contribution in [3.05, 3.63) is 42.1 Å². The molecule has 1 N–H and O–H groups in total. The summed E-state index contributed by atoms with van der Waals surface area (Å²) in [6.45, 7) is 0.518. The second-order valence-corrected chi connectivity index (χ2v) is 3.28. The molecule has 88 valence electrons. The van der Waals surface area contributed by atoms with E-state index in [-0.39, 0.29) is 0 Å². The summed E-state index contributed by atoms with van der Waals surface area (Å²) < 4.78 is 17.6. The Hall–Kier alpha value is -2.24. The lowest BCUT2D eigenvalue weighted by Crippen LogP contribution is -2.04. The van der Waals surface area contributed by atoms with E-state index in [2.05, 4.69) is 20.3 Å². The standard InChI is InChI=1S/C11H11FN4O/c1-17-10-4-8(2-3-13-10)5-14-11-15-6-9(12)7-16-11/h2-4,6-7H,5H2,1H3,(H,14,15,16). The molecule has 0 saturated carbocycles. The van der Waals surface area contributed by atoms with Crippen LogP contribution in [0.4, 0.5) is 10.3 Å². The van der Waals surface area contributed by atoms with Gasteiger partial charge in [-0.3, -0.25) is 0 Å². The van der Waals surface area contributed by atoms with Gasteiger partial charge in [0.15, 0.2) is 5.82 Å². The van der Waals surface area contributed by atoms with Crippen LogP contribution < -0.4 is 10.1 Å². The van der Waals surface area contributed by atoms with Crippen LogP contribution in [0.25, 0.3) is 0 Å². The first-order valence-electron chi connectivity index (χ1n) is 4.98. The highest BCUT2D eigenvalue weighted by Crippen LogP contribution is 2.09. The van der Waals surface area contributed by atoms with E-state index in [0.29, 0.717) is 18.4 Å². The van der Waals surface area contributed by atoms with Crippen LogP contribution in [-0.4, -0.2) is 22.1 Å². The zero-order valence-corrected chi connectivity index (χ0v) is 9.22. The Labute approximate surface area is 97.7 Å². The second-order valence-electron chi connectivity index (χ2n) is 3.28. The number of nitrogens with zero attached hydrogens (tertiary/aromatic N) is 3. The molecule has 2 aromatic rings. The van der Waals surface area contributed by atoms with E-state index in [1.807, 2.05) is 6.07 Å². The molecule has 2 aromatic heterocycles. The van der Waals surface area contributed by atoms with Gasteiger partial charge in [-0.25, -0.2) is 19.3 Å². The van der Waals surface area contributed by atoms with Crippen LogP contribution in [0, 0.1) is 5.82 Å². The molecule has 0 spiro atoms. The molecule has 2 rings (SSSR count). The maximum absolute atomic E-state index is 12.6. The third-order valence-electron chi connectivity index (χ3n) is 2.08. The minimum atomic E-state index is -0.457. The minimum Gasteiger partial charge on any atom is -0.481 e. The Morgan fingerprint density at radius 1 is 1.29 bits per heavy atom. The average molecular weight is 234 g/mol. The topological polar surface area (TPSA) is 59.9 Å². The molecule has 0 aliphatic heterocycles. The third kappa shape index (κ3) is 3.10. The molecule has 0 aliphatic carbocycles. The van der Waals surface area contributed by atoms with Crippen molar-refractivity contribution in [3.8, 4) is 5.88 Å². The normalized spacial score (nSPS) is 10.0. The SMILES string of the molecule is COc1cc(CNc2ncc(F)cn2)ccn1. The first-order valence-corrected chi connectivity index (χ1v) is 4.98. The molecule has 0 unspecified atom stereocenters. The molecule has 5 nitrogen and oxygen atoms in total. The smallest absolute Gasteiger partial charge is 0.223 e. The summed E-state index contributed by atoms with van der Waals surface area (Å²) in [6, 6.07) is 3.65. The molecular formula is C11H11FN4O. The van der Waals surface area contributed by atoms with Crippen LogP contribution in [-0.2, 0) is 6.54 Å². The first kappa shape index (κ1) is 11.3. The number of methoxy groups -OCH3 is 1. The van der Waals surface area contributed by atoms with Gasteiger partial charge >= 0.3 is 0 Å². The summed E-state index contributed by atoms with van der Waals surface area (Å²) in [7, 11) is 1.56. The molecule has 0 aliphatic rings. The number of hydrogen-bond donors (Lipinski definition) is 1. The number of anilines is 1. The van der Waals surface area contributed by atoms with Crippen LogP contribution in [0.3, 0.4) is 0 Å². The van der Waals surface area contributed by atoms with Crippen molar-refractivity contribution in [3.63, 3.8) is 0 Å². The Morgan fingerprint density at radius 3 is 2.76 bits per heavy atom. The summed E-state index contributed by atoms with van der Waals surface area (Å²) in [4.78, 5) is 11.6. The van der Waals surface area contributed by atoms with E-state index in [9.17, 15) is 4.39 Å². The summed E-state index contributed by atoms with van der Waals surface area (Å²) in [5, 5.41) is 2.97. The van der Waals surface area contributed by atoms with Gasteiger partial charge in [0, 0.05) is 18.8 Å². The molecule has 17 heavy (non-hydrogen) atoms. The molecule has 0 fully saturated rings. The highest BCUT2D eigenvalue weighted by atomic mass is 19.1. The summed E-state index contributed by atoms with van der Waals surface area (Å²) in [6.07, 6.45) is 3.88. The number of rotatable bonds is 4. The van der Waals surface area contributed by atoms with Crippen molar-refractivity contribution in [1.29, 1.82) is 0 Å². The third-order valence-corrected chi connectivity index (χ3v) is 2.08. The van der Waals surface area contributed by atoms with E-state index < -0.39 is 5.82 Å². The lowest BCUT2D eigenvalue weighted by Gasteiger charge is -2.05. The van der Waals surface area contributed by atoms with Crippen LogP contribution >= 0.6 is 0 Å². The van der Waals surface area contributed by atoms with Gasteiger partial charge in [-0.15, -0.1) is 0 Å². The first-order chi connectivity index (χ1) is 8.28. The van der Waals surface area contributed by atoms with Gasteiger partial charge in [0.1, 0.15) is 0 Å². The predicted molar refractivity (Wildman–Crippen MR) is 60.1 cm³/mol. The summed E-state index contributed by atoms with van der Waals surface area (Å²) in [5.74, 6) is 0.465. The van der Waals surface area contributed by atoms with E-state index >= 15 is 0 Å². The highest BCUT2D eigenvalue weighted by molar-refractivity contribution is 5.28. The van der Waals surface area contributed by atoms with Crippen LogP contribution in [0.1, 0.15) is 5.56 Å². The van der Waals surface area contributed by atoms with Gasteiger partial charge in [0.25, 0.3) is 0 Å². The maximum atomic E-state index is 12.6. The molecule has 2 heterocycles. The van der Waals surface area contributed by atoms with Crippen molar-refractivity contribution in [2.24, 2.45) is 0 Å². The van der Waals surface area contributed by atoms with E-state index in [1.165, 1.54) is 0 Å². The van der Waals surface area contributed by atoms with Gasteiger partial charge in [-0.2, -0.15) is 0 Å². The van der Waals surface area contributed by atoms with Gasteiger partial charge in [-0.05, 0) is 11.6 Å². The number of halogens is 1. The van der Waals surface area contributed by atoms with Gasteiger partial charge in [0.05, 0.1) is 19.5 Å². The van der Waals surface area contributed by atoms with E-state index in [1.54, 1.807) is 19.4 Å². The van der Waals surface area contributed by atoms with Crippen molar-refractivity contribution in [1.82, 2.24) is 15.0 Å². The quantitative estimate of drug-likeness (QED) is 0.871. The number of ether oxygens (including phenoxy) is 1. The monoisotopic (exact) mass is 234 g/mol. The van der Waals surface area contributed by atoms with Crippen LogP contribution in [0.2, 0.25) is 0 Å². The Balaban J connectivity index is 1.99. The van der Waals surface area contributed by atoms with Crippen LogP contribution in [0.15, 0.2) is 30.7 Å². The molecule has 0 bridgehead atoms. The zero-order chi connectivity index (χ0) is 12.1. The number of aromatic nitrogens is 3. The Kier molecular flexibility index (Phi) is 3.44. The van der Waals surface area contributed by atoms with Crippen molar-refractivity contribution < 1.29 is 9.13 Å². The van der Waals surface area contributed by atoms with Crippen molar-refractivity contribution in [2.75, 3.05) is 12.4 Å². The number of nitrogens with one attached hydrogen (secondary N) is 1. The molecule has 0 radical (unpaired) electrons.